The van der Waals surface area contributed by atoms with Crippen LogP contribution in [0.1, 0.15) is 100 Å². The van der Waals surface area contributed by atoms with Gasteiger partial charge < -0.3 is 5.11 Å². The SMILES string of the molecule is CCCCCCCCCC[C@@H](SCCCC)C(=O)c1cc(C)ccc1O. The summed E-state index contributed by atoms with van der Waals surface area (Å²) in [6, 6.07) is 5.33. The molecule has 0 aliphatic rings. The highest BCUT2D eigenvalue weighted by Crippen LogP contribution is 2.28. The predicted molar refractivity (Wildman–Crippen MR) is 116 cm³/mol. The van der Waals surface area contributed by atoms with E-state index >= 15 is 0 Å². The number of phenolic OH excluding ortho intramolecular Hbond substituents is 1. The Bertz CT molecular complexity index is 513. The Morgan fingerprint density at radius 1 is 0.962 bits per heavy atom. The van der Waals surface area contributed by atoms with Gasteiger partial charge in [-0.15, -0.1) is 0 Å². The number of hydrogen-bond donors (Lipinski definition) is 1. The van der Waals surface area contributed by atoms with Gasteiger partial charge in [-0.25, -0.2) is 0 Å². The Morgan fingerprint density at radius 3 is 2.23 bits per heavy atom. The normalized spacial score (nSPS) is 12.3. The van der Waals surface area contributed by atoms with Crippen LogP contribution in [0.15, 0.2) is 18.2 Å². The van der Waals surface area contributed by atoms with Gasteiger partial charge in [-0.1, -0.05) is 83.3 Å². The molecule has 0 radical (unpaired) electrons. The van der Waals surface area contributed by atoms with Gasteiger partial charge in [0.1, 0.15) is 5.75 Å². The number of aryl methyl sites for hydroxylation is 1. The molecule has 0 spiro atoms. The van der Waals surface area contributed by atoms with E-state index < -0.39 is 0 Å². The van der Waals surface area contributed by atoms with E-state index in [4.69, 9.17) is 0 Å². The molecule has 0 saturated heterocycles. The summed E-state index contributed by atoms with van der Waals surface area (Å²) < 4.78 is 0. The number of carbonyl (C=O) groups is 1. The number of thioether (sulfide) groups is 1. The molecule has 0 aliphatic carbocycles. The van der Waals surface area contributed by atoms with Gasteiger partial charge in [0.15, 0.2) is 5.78 Å². The van der Waals surface area contributed by atoms with Gasteiger partial charge in [0, 0.05) is 0 Å². The van der Waals surface area contributed by atoms with Crippen LogP contribution < -0.4 is 0 Å². The summed E-state index contributed by atoms with van der Waals surface area (Å²) in [5.41, 5.74) is 1.52. The third kappa shape index (κ3) is 9.12. The Hall–Kier alpha value is -0.960. The number of hydrogen-bond acceptors (Lipinski definition) is 3. The summed E-state index contributed by atoms with van der Waals surface area (Å²) in [6.45, 7) is 6.40. The van der Waals surface area contributed by atoms with E-state index in [-0.39, 0.29) is 16.8 Å². The van der Waals surface area contributed by atoms with E-state index in [1.165, 1.54) is 44.9 Å². The molecular formula is C23H38O2S. The van der Waals surface area contributed by atoms with Crippen molar-refractivity contribution in [3.05, 3.63) is 29.3 Å². The average molecular weight is 379 g/mol. The van der Waals surface area contributed by atoms with E-state index in [1.54, 1.807) is 17.8 Å². The summed E-state index contributed by atoms with van der Waals surface area (Å²) in [5.74, 6) is 1.25. The summed E-state index contributed by atoms with van der Waals surface area (Å²) in [6.07, 6.45) is 13.5. The lowest BCUT2D eigenvalue weighted by atomic mass is 10.0. The minimum Gasteiger partial charge on any atom is -0.507 e. The molecule has 1 atom stereocenters. The highest BCUT2D eigenvalue weighted by atomic mass is 32.2. The van der Waals surface area contributed by atoms with Gasteiger partial charge in [-0.05, 0) is 37.7 Å². The van der Waals surface area contributed by atoms with Crippen LogP contribution in [-0.2, 0) is 0 Å². The minimum absolute atomic E-state index is 0.0191. The minimum atomic E-state index is -0.0191. The van der Waals surface area contributed by atoms with E-state index in [0.717, 1.165) is 37.0 Å². The topological polar surface area (TPSA) is 37.3 Å². The number of phenols is 1. The second-order valence-corrected chi connectivity index (χ2v) is 8.67. The Morgan fingerprint density at radius 2 is 1.58 bits per heavy atom. The molecule has 1 rings (SSSR count). The molecule has 148 valence electrons. The van der Waals surface area contributed by atoms with Crippen LogP contribution >= 0.6 is 11.8 Å². The number of unbranched alkanes of at least 4 members (excludes halogenated alkanes) is 8. The van der Waals surface area contributed by atoms with E-state index in [9.17, 15) is 9.90 Å². The molecule has 26 heavy (non-hydrogen) atoms. The summed E-state index contributed by atoms with van der Waals surface area (Å²) in [5, 5.41) is 10.1. The van der Waals surface area contributed by atoms with Gasteiger partial charge in [0.05, 0.1) is 10.8 Å². The molecule has 1 N–H and O–H groups in total. The first-order valence-electron chi connectivity index (χ1n) is 10.6. The lowest BCUT2D eigenvalue weighted by Gasteiger charge is -2.16. The van der Waals surface area contributed by atoms with Crippen LogP contribution in [0, 0.1) is 6.92 Å². The maximum atomic E-state index is 13.0. The molecule has 0 unspecified atom stereocenters. The highest BCUT2D eigenvalue weighted by Gasteiger charge is 2.22. The second-order valence-electron chi connectivity index (χ2n) is 7.36. The van der Waals surface area contributed by atoms with Crippen molar-refractivity contribution in [2.75, 3.05) is 5.75 Å². The molecule has 0 aliphatic heterocycles. The molecule has 0 heterocycles. The zero-order chi connectivity index (χ0) is 19.2. The molecule has 0 bridgehead atoms. The highest BCUT2D eigenvalue weighted by molar-refractivity contribution is 8.00. The van der Waals surface area contributed by atoms with Crippen molar-refractivity contribution in [1.29, 1.82) is 0 Å². The Kier molecular flexibility index (Phi) is 12.6. The van der Waals surface area contributed by atoms with Crippen LogP contribution in [0.25, 0.3) is 0 Å². The molecule has 2 nitrogen and oxygen atoms in total. The largest absolute Gasteiger partial charge is 0.507 e. The number of aromatic hydroxyl groups is 1. The smallest absolute Gasteiger partial charge is 0.179 e. The molecule has 0 fully saturated rings. The van der Waals surface area contributed by atoms with Crippen molar-refractivity contribution in [2.24, 2.45) is 0 Å². The Balaban J connectivity index is 2.50. The number of rotatable bonds is 15. The molecule has 1 aromatic rings. The number of Topliss-reactive ketones (excluding diaryl/α,β-unsaturated/α-hetero) is 1. The summed E-state index contributed by atoms with van der Waals surface area (Å²) >= 11 is 1.78. The van der Waals surface area contributed by atoms with Crippen molar-refractivity contribution in [1.82, 2.24) is 0 Å². The van der Waals surface area contributed by atoms with Crippen LogP contribution in [0.4, 0.5) is 0 Å². The first kappa shape index (κ1) is 23.1. The van der Waals surface area contributed by atoms with Gasteiger partial charge >= 0.3 is 0 Å². The zero-order valence-corrected chi connectivity index (χ0v) is 17.9. The van der Waals surface area contributed by atoms with Gasteiger partial charge in [-0.2, -0.15) is 11.8 Å². The van der Waals surface area contributed by atoms with Gasteiger partial charge in [0.2, 0.25) is 0 Å². The first-order chi connectivity index (χ1) is 12.6. The number of ketones is 1. The van der Waals surface area contributed by atoms with Crippen molar-refractivity contribution in [2.45, 2.75) is 96.7 Å². The molecule has 1 aromatic carbocycles. The Labute approximate surface area is 165 Å². The van der Waals surface area contributed by atoms with Crippen LogP contribution in [0.5, 0.6) is 5.75 Å². The molecule has 0 aromatic heterocycles. The fraction of sp³-hybridized carbons (Fsp3) is 0.696. The summed E-state index contributed by atoms with van der Waals surface area (Å²) in [4.78, 5) is 13.0. The summed E-state index contributed by atoms with van der Waals surface area (Å²) in [7, 11) is 0. The lowest BCUT2D eigenvalue weighted by Crippen LogP contribution is -2.18. The van der Waals surface area contributed by atoms with Crippen molar-refractivity contribution in [3.63, 3.8) is 0 Å². The van der Waals surface area contributed by atoms with Gasteiger partial charge in [0.25, 0.3) is 0 Å². The molecular weight excluding hydrogens is 340 g/mol. The molecule has 0 saturated carbocycles. The van der Waals surface area contributed by atoms with Crippen molar-refractivity contribution < 1.29 is 9.90 Å². The second kappa shape index (κ2) is 14.1. The molecule has 3 heteroatoms. The van der Waals surface area contributed by atoms with Crippen molar-refractivity contribution >= 4 is 17.5 Å². The fourth-order valence-electron chi connectivity index (χ4n) is 3.14. The first-order valence-corrected chi connectivity index (χ1v) is 11.6. The van der Waals surface area contributed by atoms with Gasteiger partial charge in [-0.3, -0.25) is 4.79 Å². The average Bonchev–Trinajstić information content (AvgIpc) is 2.64. The lowest BCUT2D eigenvalue weighted by molar-refractivity contribution is 0.0983. The van der Waals surface area contributed by atoms with E-state index in [2.05, 4.69) is 13.8 Å². The van der Waals surface area contributed by atoms with E-state index in [1.807, 2.05) is 19.1 Å². The predicted octanol–water partition coefficient (Wildman–Crippen LogP) is 7.32. The number of benzene rings is 1. The zero-order valence-electron chi connectivity index (χ0n) is 17.1. The van der Waals surface area contributed by atoms with Crippen molar-refractivity contribution in [3.8, 4) is 5.75 Å². The van der Waals surface area contributed by atoms with Crippen LogP contribution in [0.3, 0.4) is 0 Å². The standard InChI is InChI=1S/C23H38O2S/c1-4-6-8-9-10-11-12-13-14-22(26-17-7-5-2)23(25)20-18-19(3)15-16-21(20)24/h15-16,18,22,24H,4-14,17H2,1-3H3/t22-/m1/s1. The van der Waals surface area contributed by atoms with E-state index in [0.29, 0.717) is 5.56 Å². The monoisotopic (exact) mass is 378 g/mol. The quantitative estimate of drug-likeness (QED) is 0.257. The van der Waals surface area contributed by atoms with Crippen LogP contribution in [-0.4, -0.2) is 21.9 Å². The maximum Gasteiger partial charge on any atom is 0.179 e. The third-order valence-electron chi connectivity index (χ3n) is 4.85. The maximum absolute atomic E-state index is 13.0. The number of carbonyl (C=O) groups excluding carboxylic acids is 1. The molecule has 0 amide bonds. The third-order valence-corrected chi connectivity index (χ3v) is 6.22. The fourth-order valence-corrected chi connectivity index (χ4v) is 4.50. The van der Waals surface area contributed by atoms with Crippen LogP contribution in [0.2, 0.25) is 0 Å².